The van der Waals surface area contributed by atoms with Crippen molar-refractivity contribution in [2.45, 2.75) is 13.0 Å². The third kappa shape index (κ3) is 2.41. The van der Waals surface area contributed by atoms with Crippen molar-refractivity contribution < 1.29 is 4.79 Å². The first-order valence-electron chi connectivity index (χ1n) is 4.95. The molecule has 1 atom stereocenters. The van der Waals surface area contributed by atoms with Crippen LogP contribution < -0.4 is 5.32 Å². The van der Waals surface area contributed by atoms with E-state index in [-0.39, 0.29) is 11.9 Å². The van der Waals surface area contributed by atoms with Crippen LogP contribution in [0.25, 0.3) is 0 Å². The van der Waals surface area contributed by atoms with E-state index < -0.39 is 0 Å². The number of rotatable bonds is 1. The quantitative estimate of drug-likeness (QED) is 0.857. The van der Waals surface area contributed by atoms with Gasteiger partial charge in [0.15, 0.2) is 0 Å². The Kier molecular flexibility index (Phi) is 3.43. The Morgan fingerprint density at radius 3 is 3.07 bits per heavy atom. The molecule has 1 aromatic rings. The van der Waals surface area contributed by atoms with Crippen LogP contribution in [-0.2, 0) is 0 Å². The van der Waals surface area contributed by atoms with Crippen LogP contribution in [0.4, 0.5) is 0 Å². The Balaban J connectivity index is 2.13. The van der Waals surface area contributed by atoms with E-state index in [4.69, 9.17) is 0 Å². The average molecular weight is 289 g/mol. The van der Waals surface area contributed by atoms with E-state index in [1.165, 1.54) is 11.3 Å². The molecule has 1 amide bonds. The number of thiophene rings is 1. The van der Waals surface area contributed by atoms with E-state index in [1.54, 1.807) is 0 Å². The summed E-state index contributed by atoms with van der Waals surface area (Å²) in [5.74, 6) is 0.153. The lowest BCUT2D eigenvalue weighted by Gasteiger charge is -2.33. The smallest absolute Gasteiger partial charge is 0.264 e. The Hall–Kier alpha value is -0.390. The molecule has 0 bridgehead atoms. The Bertz CT molecular complexity index is 366. The summed E-state index contributed by atoms with van der Waals surface area (Å²) in [6.07, 6.45) is 0. The number of carbonyl (C=O) groups is 1. The number of amides is 1. The van der Waals surface area contributed by atoms with Crippen LogP contribution in [0.3, 0.4) is 0 Å². The van der Waals surface area contributed by atoms with Gasteiger partial charge in [-0.2, -0.15) is 0 Å². The van der Waals surface area contributed by atoms with Gasteiger partial charge in [-0.05, 0) is 35.0 Å². The third-order valence-electron chi connectivity index (χ3n) is 2.55. The summed E-state index contributed by atoms with van der Waals surface area (Å²) < 4.78 is 1.01. The summed E-state index contributed by atoms with van der Waals surface area (Å²) in [6.45, 7) is 4.66. The van der Waals surface area contributed by atoms with Gasteiger partial charge in [0, 0.05) is 25.7 Å². The minimum atomic E-state index is 0.153. The molecule has 1 aliphatic rings. The van der Waals surface area contributed by atoms with Crippen LogP contribution >= 0.6 is 27.3 Å². The van der Waals surface area contributed by atoms with Gasteiger partial charge in [0.1, 0.15) is 0 Å². The van der Waals surface area contributed by atoms with Crippen molar-refractivity contribution in [1.82, 2.24) is 10.2 Å². The predicted octanol–water partition coefficient (Wildman–Crippen LogP) is 1.94. The van der Waals surface area contributed by atoms with Gasteiger partial charge in [-0.3, -0.25) is 4.79 Å². The molecule has 1 aliphatic heterocycles. The highest BCUT2D eigenvalue weighted by molar-refractivity contribution is 9.11. The van der Waals surface area contributed by atoms with Gasteiger partial charge in [0.25, 0.3) is 5.91 Å². The van der Waals surface area contributed by atoms with Crippen molar-refractivity contribution in [3.8, 4) is 0 Å². The first kappa shape index (κ1) is 11.1. The topological polar surface area (TPSA) is 32.3 Å². The highest BCUT2D eigenvalue weighted by Crippen LogP contribution is 2.24. The molecule has 2 heterocycles. The van der Waals surface area contributed by atoms with Crippen LogP contribution in [0, 0.1) is 0 Å². The fourth-order valence-corrected chi connectivity index (χ4v) is 3.06. The standard InChI is InChI=1S/C10H13BrN2OS/c1-7-6-12-4-5-13(7)10(14)8-2-3-9(11)15-8/h2-3,7,12H,4-6H2,1H3. The molecule has 1 N–H and O–H groups in total. The lowest BCUT2D eigenvalue weighted by atomic mass is 10.2. The summed E-state index contributed by atoms with van der Waals surface area (Å²) in [4.78, 5) is 14.9. The number of halogens is 1. The normalized spacial score (nSPS) is 21.7. The zero-order chi connectivity index (χ0) is 10.8. The van der Waals surface area contributed by atoms with Crippen molar-refractivity contribution in [1.29, 1.82) is 0 Å². The highest BCUT2D eigenvalue weighted by atomic mass is 79.9. The van der Waals surface area contributed by atoms with Crippen LogP contribution in [-0.4, -0.2) is 36.5 Å². The molecular weight excluding hydrogens is 276 g/mol. The van der Waals surface area contributed by atoms with E-state index in [0.717, 1.165) is 28.3 Å². The van der Waals surface area contributed by atoms with E-state index >= 15 is 0 Å². The van der Waals surface area contributed by atoms with Gasteiger partial charge in [0.2, 0.25) is 0 Å². The van der Waals surface area contributed by atoms with Gasteiger partial charge in [0.05, 0.1) is 8.66 Å². The number of nitrogens with one attached hydrogen (secondary N) is 1. The van der Waals surface area contributed by atoms with E-state index in [1.807, 2.05) is 17.0 Å². The fraction of sp³-hybridized carbons (Fsp3) is 0.500. The predicted molar refractivity (Wildman–Crippen MR) is 65.4 cm³/mol. The monoisotopic (exact) mass is 288 g/mol. The van der Waals surface area contributed by atoms with Crippen molar-refractivity contribution in [3.05, 3.63) is 20.8 Å². The number of nitrogens with zero attached hydrogens (tertiary/aromatic N) is 1. The molecule has 1 saturated heterocycles. The number of hydrogen-bond donors (Lipinski definition) is 1. The molecule has 0 aromatic carbocycles. The van der Waals surface area contributed by atoms with Crippen molar-refractivity contribution in [3.63, 3.8) is 0 Å². The molecule has 3 nitrogen and oxygen atoms in total. The second kappa shape index (κ2) is 4.63. The SMILES string of the molecule is CC1CNCCN1C(=O)c1ccc(Br)s1. The first-order valence-corrected chi connectivity index (χ1v) is 6.56. The molecule has 5 heteroatoms. The first-order chi connectivity index (χ1) is 7.18. The Morgan fingerprint density at radius 2 is 2.47 bits per heavy atom. The summed E-state index contributed by atoms with van der Waals surface area (Å²) in [7, 11) is 0. The number of hydrogen-bond acceptors (Lipinski definition) is 3. The average Bonchev–Trinajstić information content (AvgIpc) is 2.65. The lowest BCUT2D eigenvalue weighted by Crippen LogP contribution is -2.52. The van der Waals surface area contributed by atoms with Gasteiger partial charge in [-0.25, -0.2) is 0 Å². The lowest BCUT2D eigenvalue weighted by molar-refractivity contribution is 0.0661. The van der Waals surface area contributed by atoms with Gasteiger partial charge in [-0.1, -0.05) is 0 Å². The second-order valence-corrected chi connectivity index (χ2v) is 6.12. The van der Waals surface area contributed by atoms with Crippen molar-refractivity contribution >= 4 is 33.2 Å². The van der Waals surface area contributed by atoms with Crippen molar-refractivity contribution in [2.75, 3.05) is 19.6 Å². The molecule has 1 aromatic heterocycles. The summed E-state index contributed by atoms with van der Waals surface area (Å²) in [5, 5.41) is 3.28. The van der Waals surface area contributed by atoms with Crippen molar-refractivity contribution in [2.24, 2.45) is 0 Å². The van der Waals surface area contributed by atoms with E-state index in [0.29, 0.717) is 0 Å². The van der Waals surface area contributed by atoms with Crippen LogP contribution in [0.2, 0.25) is 0 Å². The molecule has 15 heavy (non-hydrogen) atoms. The Labute approximate surface area is 102 Å². The highest BCUT2D eigenvalue weighted by Gasteiger charge is 2.24. The number of piperazine rings is 1. The minimum Gasteiger partial charge on any atom is -0.333 e. The van der Waals surface area contributed by atoms with Crippen LogP contribution in [0.15, 0.2) is 15.9 Å². The minimum absolute atomic E-state index is 0.153. The fourth-order valence-electron chi connectivity index (χ4n) is 1.71. The molecule has 2 rings (SSSR count). The zero-order valence-corrected chi connectivity index (χ0v) is 10.9. The maximum absolute atomic E-state index is 12.1. The summed E-state index contributed by atoms with van der Waals surface area (Å²) in [5.41, 5.74) is 0. The van der Waals surface area contributed by atoms with Crippen LogP contribution in [0.1, 0.15) is 16.6 Å². The van der Waals surface area contributed by atoms with E-state index in [9.17, 15) is 4.79 Å². The molecule has 1 fully saturated rings. The number of carbonyl (C=O) groups excluding carboxylic acids is 1. The third-order valence-corrected chi connectivity index (χ3v) is 4.16. The second-order valence-electron chi connectivity index (χ2n) is 3.66. The molecule has 82 valence electrons. The largest absolute Gasteiger partial charge is 0.333 e. The molecule has 0 spiro atoms. The molecule has 0 radical (unpaired) electrons. The zero-order valence-electron chi connectivity index (χ0n) is 8.50. The molecule has 0 aliphatic carbocycles. The van der Waals surface area contributed by atoms with Gasteiger partial charge in [-0.15, -0.1) is 11.3 Å². The molecule has 1 unspecified atom stereocenters. The summed E-state index contributed by atoms with van der Waals surface area (Å²) >= 11 is 4.87. The maximum Gasteiger partial charge on any atom is 0.264 e. The van der Waals surface area contributed by atoms with Gasteiger partial charge < -0.3 is 10.2 Å². The molecule has 0 saturated carbocycles. The maximum atomic E-state index is 12.1. The molecular formula is C10H13BrN2OS. The van der Waals surface area contributed by atoms with Gasteiger partial charge >= 0.3 is 0 Å². The summed E-state index contributed by atoms with van der Waals surface area (Å²) in [6, 6.07) is 4.09. The van der Waals surface area contributed by atoms with Crippen LogP contribution in [0.5, 0.6) is 0 Å². The van der Waals surface area contributed by atoms with E-state index in [2.05, 4.69) is 28.2 Å². The Morgan fingerprint density at radius 1 is 1.67 bits per heavy atom.